The van der Waals surface area contributed by atoms with Crippen LogP contribution in [0.1, 0.15) is 0 Å². The van der Waals surface area contributed by atoms with Gasteiger partial charge in [0.25, 0.3) is 0 Å². The van der Waals surface area contributed by atoms with Crippen LogP contribution >= 0.6 is 11.6 Å². The molecule has 1 rings (SSSR count). The van der Waals surface area contributed by atoms with Gasteiger partial charge in [-0.1, -0.05) is 11.6 Å². The van der Waals surface area contributed by atoms with E-state index in [0.29, 0.717) is 6.08 Å². The number of dihydropyridines is 1. The lowest BCUT2D eigenvalue weighted by molar-refractivity contribution is 0.348. The average molecular weight is 152 g/mol. The highest BCUT2D eigenvalue weighted by Crippen LogP contribution is 2.23. The molecule has 0 aromatic rings. The molecule has 0 radical (unpaired) electrons. The quantitative estimate of drug-likeness (QED) is 0.469. The van der Waals surface area contributed by atoms with Crippen LogP contribution in [0.4, 0.5) is 8.78 Å². The Morgan fingerprint density at radius 1 is 1.78 bits per heavy atom. The molecule has 1 heterocycles. The number of nitrogens with zero attached hydrogens (tertiary/aromatic N) is 1. The fourth-order valence-corrected chi connectivity index (χ4v) is 0.712. The molecule has 0 aliphatic carbocycles. The number of halogens is 3. The van der Waals surface area contributed by atoms with Gasteiger partial charge in [-0.25, -0.2) is 8.78 Å². The number of rotatable bonds is 0. The second-order valence-electron chi connectivity index (χ2n) is 1.76. The van der Waals surface area contributed by atoms with Crippen molar-refractivity contribution < 1.29 is 8.78 Å². The van der Waals surface area contributed by atoms with Crippen molar-refractivity contribution in [3.8, 4) is 0 Å². The molecule has 0 N–H and O–H groups in total. The first-order chi connectivity index (χ1) is 4.10. The second-order valence-corrected chi connectivity index (χ2v) is 2.39. The van der Waals surface area contributed by atoms with E-state index in [0.717, 1.165) is 6.21 Å². The minimum absolute atomic E-state index is 0.206. The largest absolute Gasteiger partial charge is 0.285 e. The second kappa shape index (κ2) is 2.06. The summed E-state index contributed by atoms with van der Waals surface area (Å²) in [5.74, 6) is -0.723. The van der Waals surface area contributed by atoms with Gasteiger partial charge in [0.15, 0.2) is 0 Å². The van der Waals surface area contributed by atoms with E-state index in [2.05, 4.69) is 4.99 Å². The van der Waals surface area contributed by atoms with E-state index in [4.69, 9.17) is 11.6 Å². The SMILES string of the molecule is FC1=C[C@@](F)(Cl)CN=C1. The molecule has 0 bridgehead atoms. The molecule has 50 valence electrons. The molecule has 0 saturated carbocycles. The number of hydrogen-bond donors (Lipinski definition) is 0. The molecule has 0 spiro atoms. The lowest BCUT2D eigenvalue weighted by Crippen LogP contribution is -2.18. The Balaban J connectivity index is 2.78. The van der Waals surface area contributed by atoms with Crippen LogP contribution in [0.25, 0.3) is 0 Å². The molecule has 0 saturated heterocycles. The molecule has 0 unspecified atom stereocenters. The maximum atomic E-state index is 12.5. The maximum Gasteiger partial charge on any atom is 0.224 e. The molecular formula is C5H4ClF2N. The van der Waals surface area contributed by atoms with Gasteiger partial charge < -0.3 is 0 Å². The Kier molecular flexibility index (Phi) is 1.53. The normalized spacial score (nSPS) is 34.3. The highest BCUT2D eigenvalue weighted by atomic mass is 35.5. The predicted molar refractivity (Wildman–Crippen MR) is 32.2 cm³/mol. The Morgan fingerprint density at radius 2 is 2.44 bits per heavy atom. The predicted octanol–water partition coefficient (Wildman–Crippen LogP) is 1.83. The molecule has 0 aromatic carbocycles. The molecule has 0 fully saturated rings. The van der Waals surface area contributed by atoms with E-state index in [-0.39, 0.29) is 6.54 Å². The van der Waals surface area contributed by atoms with Crippen molar-refractivity contribution in [1.29, 1.82) is 0 Å². The lowest BCUT2D eigenvalue weighted by Gasteiger charge is -2.12. The van der Waals surface area contributed by atoms with E-state index >= 15 is 0 Å². The monoisotopic (exact) mass is 151 g/mol. The van der Waals surface area contributed by atoms with Gasteiger partial charge in [0.1, 0.15) is 5.83 Å². The highest BCUT2D eigenvalue weighted by molar-refractivity contribution is 6.24. The average Bonchev–Trinajstić information content (AvgIpc) is 1.60. The molecule has 0 aromatic heterocycles. The zero-order valence-corrected chi connectivity index (χ0v) is 5.20. The van der Waals surface area contributed by atoms with E-state index in [1.54, 1.807) is 0 Å². The van der Waals surface area contributed by atoms with Crippen molar-refractivity contribution >= 4 is 17.8 Å². The Hall–Kier alpha value is -0.440. The van der Waals surface area contributed by atoms with Gasteiger partial charge in [-0.2, -0.15) is 0 Å². The zero-order chi connectivity index (χ0) is 6.91. The van der Waals surface area contributed by atoms with E-state index in [9.17, 15) is 8.78 Å². The minimum Gasteiger partial charge on any atom is -0.285 e. The van der Waals surface area contributed by atoms with Gasteiger partial charge in [-0.3, -0.25) is 4.99 Å². The third kappa shape index (κ3) is 1.75. The van der Waals surface area contributed by atoms with Crippen LogP contribution in [-0.2, 0) is 0 Å². The number of alkyl halides is 2. The summed E-state index contributed by atoms with van der Waals surface area (Å²) in [5, 5.41) is -2.11. The summed E-state index contributed by atoms with van der Waals surface area (Å²) in [7, 11) is 0. The first-order valence-corrected chi connectivity index (χ1v) is 2.74. The molecule has 1 atom stereocenters. The van der Waals surface area contributed by atoms with Crippen molar-refractivity contribution in [2.24, 2.45) is 4.99 Å². The van der Waals surface area contributed by atoms with Crippen LogP contribution in [0.3, 0.4) is 0 Å². The summed E-state index contributed by atoms with van der Waals surface area (Å²) in [6.45, 7) is -0.206. The van der Waals surface area contributed by atoms with Crippen molar-refractivity contribution in [1.82, 2.24) is 0 Å². The third-order valence-corrected chi connectivity index (χ3v) is 1.09. The Morgan fingerprint density at radius 3 is 2.78 bits per heavy atom. The van der Waals surface area contributed by atoms with Crippen LogP contribution in [-0.4, -0.2) is 17.9 Å². The van der Waals surface area contributed by atoms with Crippen molar-refractivity contribution in [3.63, 3.8) is 0 Å². The number of aliphatic imine (C=N–C) groups is 1. The molecule has 1 aliphatic rings. The summed E-state index contributed by atoms with van der Waals surface area (Å²) < 4.78 is 24.5. The van der Waals surface area contributed by atoms with Gasteiger partial charge in [0.05, 0.1) is 12.8 Å². The maximum absolute atomic E-state index is 12.5. The van der Waals surface area contributed by atoms with E-state index in [1.165, 1.54) is 0 Å². The topological polar surface area (TPSA) is 12.4 Å². The molecule has 0 amide bonds. The highest BCUT2D eigenvalue weighted by Gasteiger charge is 2.25. The van der Waals surface area contributed by atoms with Crippen LogP contribution < -0.4 is 0 Å². The Labute approximate surface area is 56.0 Å². The molecule has 1 aliphatic heterocycles. The van der Waals surface area contributed by atoms with Gasteiger partial charge in [-0.05, 0) is 0 Å². The summed E-state index contributed by atoms with van der Waals surface area (Å²) in [4.78, 5) is 3.34. The molecule has 4 heteroatoms. The summed E-state index contributed by atoms with van der Waals surface area (Å²) in [6, 6.07) is 0. The van der Waals surface area contributed by atoms with Gasteiger partial charge in [0, 0.05) is 6.08 Å². The van der Waals surface area contributed by atoms with Crippen LogP contribution in [0, 0.1) is 0 Å². The lowest BCUT2D eigenvalue weighted by atomic mass is 10.3. The fraction of sp³-hybridized carbons (Fsp3) is 0.400. The first kappa shape index (κ1) is 6.68. The zero-order valence-electron chi connectivity index (χ0n) is 4.44. The van der Waals surface area contributed by atoms with Gasteiger partial charge in [0.2, 0.25) is 5.13 Å². The van der Waals surface area contributed by atoms with E-state index < -0.39 is 11.0 Å². The van der Waals surface area contributed by atoms with Gasteiger partial charge >= 0.3 is 0 Å². The number of allylic oxidation sites excluding steroid dienone is 1. The number of hydrogen-bond acceptors (Lipinski definition) is 1. The standard InChI is InChI=1S/C5H4ClF2N/c6-5(8)1-4(7)2-9-3-5/h1-2H,3H2/t5-/m0/s1. The molecular weight excluding hydrogens is 148 g/mol. The van der Waals surface area contributed by atoms with Crippen molar-refractivity contribution in [3.05, 3.63) is 11.9 Å². The minimum atomic E-state index is -2.11. The summed E-state index contributed by atoms with van der Waals surface area (Å²) in [6.07, 6.45) is 1.64. The van der Waals surface area contributed by atoms with Crippen LogP contribution in [0.2, 0.25) is 0 Å². The smallest absolute Gasteiger partial charge is 0.224 e. The third-order valence-electron chi connectivity index (χ3n) is 0.866. The van der Waals surface area contributed by atoms with Crippen molar-refractivity contribution in [2.45, 2.75) is 5.13 Å². The Bertz CT molecular complexity index is 174. The van der Waals surface area contributed by atoms with E-state index in [1.807, 2.05) is 0 Å². The fourth-order valence-electron chi connectivity index (χ4n) is 0.539. The van der Waals surface area contributed by atoms with Crippen LogP contribution in [0.15, 0.2) is 16.9 Å². The first-order valence-electron chi connectivity index (χ1n) is 2.36. The van der Waals surface area contributed by atoms with Gasteiger partial charge in [-0.15, -0.1) is 0 Å². The van der Waals surface area contributed by atoms with Crippen molar-refractivity contribution in [2.75, 3.05) is 6.54 Å². The molecule has 9 heavy (non-hydrogen) atoms. The molecule has 1 nitrogen and oxygen atoms in total. The van der Waals surface area contributed by atoms with Crippen LogP contribution in [0.5, 0.6) is 0 Å². The summed E-state index contributed by atoms with van der Waals surface area (Å²) >= 11 is 5.07. The summed E-state index contributed by atoms with van der Waals surface area (Å²) in [5.41, 5.74) is 0.